The standard InChI is InChI=1S/C24H33N3O3/c28-22(26-20-16-8-14-9-17(20)12-24(29,10-14)11-16)19-13-25-23(30-18-6-1-2-7-18)27-21(19)15-4-3-5-15/h13-18,20,29H,1-12H2,(H,26,28)/t14?,16?,17?,20-,24+. The number of hydrogen-bond acceptors (Lipinski definition) is 5. The van der Waals surface area contributed by atoms with E-state index in [-0.39, 0.29) is 18.1 Å². The number of ether oxygens (including phenoxy) is 1. The van der Waals surface area contributed by atoms with Crippen molar-refractivity contribution in [3.05, 3.63) is 17.5 Å². The van der Waals surface area contributed by atoms with E-state index < -0.39 is 5.60 Å². The summed E-state index contributed by atoms with van der Waals surface area (Å²) in [5.74, 6) is 1.76. The van der Waals surface area contributed by atoms with Crippen molar-refractivity contribution >= 4 is 5.91 Å². The van der Waals surface area contributed by atoms with Gasteiger partial charge in [0, 0.05) is 18.2 Å². The Balaban J connectivity index is 1.21. The molecule has 0 aromatic carbocycles. The summed E-state index contributed by atoms with van der Waals surface area (Å²) in [5, 5.41) is 14.2. The molecule has 6 fully saturated rings. The van der Waals surface area contributed by atoms with Crippen molar-refractivity contribution in [3.8, 4) is 6.01 Å². The van der Waals surface area contributed by atoms with Gasteiger partial charge in [0.15, 0.2) is 0 Å². The van der Waals surface area contributed by atoms with E-state index in [1.807, 2.05) is 0 Å². The molecule has 6 aliphatic rings. The molecule has 162 valence electrons. The monoisotopic (exact) mass is 411 g/mol. The lowest BCUT2D eigenvalue weighted by Crippen LogP contribution is -2.61. The summed E-state index contributed by atoms with van der Waals surface area (Å²) in [5.41, 5.74) is 1.03. The maximum Gasteiger partial charge on any atom is 0.316 e. The zero-order valence-corrected chi connectivity index (χ0v) is 17.7. The van der Waals surface area contributed by atoms with E-state index in [1.165, 1.54) is 19.3 Å². The minimum absolute atomic E-state index is 0.0335. The minimum atomic E-state index is -0.475. The van der Waals surface area contributed by atoms with Gasteiger partial charge in [-0.3, -0.25) is 4.79 Å². The third-order valence-corrected chi connectivity index (χ3v) is 8.65. The zero-order valence-electron chi connectivity index (χ0n) is 17.7. The molecule has 6 nitrogen and oxygen atoms in total. The molecule has 2 N–H and O–H groups in total. The number of amides is 1. The third-order valence-electron chi connectivity index (χ3n) is 8.65. The summed E-state index contributed by atoms with van der Waals surface area (Å²) >= 11 is 0. The third kappa shape index (κ3) is 3.31. The van der Waals surface area contributed by atoms with E-state index in [4.69, 9.17) is 9.72 Å². The molecule has 0 aliphatic heterocycles. The number of nitrogens with zero attached hydrogens (tertiary/aromatic N) is 2. The lowest BCUT2D eigenvalue weighted by molar-refractivity contribution is -0.136. The Morgan fingerprint density at radius 1 is 1.07 bits per heavy atom. The van der Waals surface area contributed by atoms with Crippen LogP contribution in [0.1, 0.15) is 99.0 Å². The van der Waals surface area contributed by atoms with Crippen molar-refractivity contribution in [1.82, 2.24) is 15.3 Å². The van der Waals surface area contributed by atoms with Crippen LogP contribution in [0.2, 0.25) is 0 Å². The van der Waals surface area contributed by atoms with E-state index in [0.717, 1.165) is 63.5 Å². The fourth-order valence-electron chi connectivity index (χ4n) is 7.20. The maximum atomic E-state index is 13.3. The molecule has 2 atom stereocenters. The number of carbonyl (C=O) groups is 1. The first-order valence-electron chi connectivity index (χ1n) is 12.1. The zero-order chi connectivity index (χ0) is 20.3. The second-order valence-corrected chi connectivity index (χ2v) is 10.8. The van der Waals surface area contributed by atoms with E-state index in [2.05, 4.69) is 10.3 Å². The van der Waals surface area contributed by atoms with Gasteiger partial charge in [-0.05, 0) is 88.4 Å². The number of carbonyl (C=O) groups excluding carboxylic acids is 1. The molecule has 1 heterocycles. The van der Waals surface area contributed by atoms with Gasteiger partial charge in [-0.2, -0.15) is 4.98 Å². The highest BCUT2D eigenvalue weighted by Gasteiger charge is 2.55. The minimum Gasteiger partial charge on any atom is -0.460 e. The van der Waals surface area contributed by atoms with Crippen molar-refractivity contribution in [2.45, 2.75) is 101 Å². The first-order chi connectivity index (χ1) is 14.6. The van der Waals surface area contributed by atoms with E-state index >= 15 is 0 Å². The molecule has 1 aromatic rings. The Morgan fingerprint density at radius 3 is 2.43 bits per heavy atom. The number of aromatic nitrogens is 2. The van der Waals surface area contributed by atoms with Crippen LogP contribution in [0.4, 0.5) is 0 Å². The number of hydrogen-bond donors (Lipinski definition) is 2. The summed E-state index contributed by atoms with van der Waals surface area (Å²) in [6, 6.07) is 0.621. The van der Waals surface area contributed by atoms with Crippen LogP contribution < -0.4 is 10.1 Å². The maximum absolute atomic E-state index is 13.3. The Hall–Kier alpha value is -1.69. The van der Waals surface area contributed by atoms with Crippen LogP contribution in [0.15, 0.2) is 6.20 Å². The van der Waals surface area contributed by atoms with E-state index in [0.29, 0.717) is 35.2 Å². The molecular formula is C24H33N3O3. The van der Waals surface area contributed by atoms with Crippen molar-refractivity contribution in [1.29, 1.82) is 0 Å². The molecule has 7 rings (SSSR count). The van der Waals surface area contributed by atoms with Gasteiger partial charge >= 0.3 is 6.01 Å². The molecule has 6 heteroatoms. The second-order valence-electron chi connectivity index (χ2n) is 10.8. The lowest BCUT2D eigenvalue weighted by atomic mass is 9.52. The van der Waals surface area contributed by atoms with Crippen LogP contribution in [0, 0.1) is 17.8 Å². The van der Waals surface area contributed by atoms with Crippen molar-refractivity contribution in [2.24, 2.45) is 17.8 Å². The van der Waals surface area contributed by atoms with Gasteiger partial charge in [-0.15, -0.1) is 0 Å². The number of rotatable bonds is 5. The molecule has 6 saturated carbocycles. The fraction of sp³-hybridized carbons (Fsp3) is 0.792. The van der Waals surface area contributed by atoms with Crippen LogP contribution in [-0.4, -0.2) is 38.7 Å². The van der Waals surface area contributed by atoms with Gasteiger partial charge in [0.05, 0.1) is 16.9 Å². The predicted octanol–water partition coefficient (Wildman–Crippen LogP) is 3.73. The molecule has 0 spiro atoms. The van der Waals surface area contributed by atoms with Crippen LogP contribution in [0.3, 0.4) is 0 Å². The molecule has 4 bridgehead atoms. The Kier molecular flexibility index (Phi) is 4.55. The number of aliphatic hydroxyl groups is 1. The highest BCUT2D eigenvalue weighted by molar-refractivity contribution is 5.95. The molecule has 1 aromatic heterocycles. The SMILES string of the molecule is O=C(N[C@H]1C2CC3CC1C[C@@](O)(C3)C2)c1cnc(OC2CCCC2)nc1C1CCC1. The summed E-state index contributed by atoms with van der Waals surface area (Å²) in [6.45, 7) is 0. The highest BCUT2D eigenvalue weighted by Crippen LogP contribution is 2.55. The van der Waals surface area contributed by atoms with Crippen LogP contribution in [0.5, 0.6) is 6.01 Å². The first-order valence-corrected chi connectivity index (χ1v) is 12.1. The Morgan fingerprint density at radius 2 is 1.80 bits per heavy atom. The smallest absolute Gasteiger partial charge is 0.316 e. The lowest BCUT2D eigenvalue weighted by Gasteiger charge is -2.58. The van der Waals surface area contributed by atoms with Gasteiger partial charge in [0.25, 0.3) is 5.91 Å². The molecular weight excluding hydrogens is 378 g/mol. The second kappa shape index (κ2) is 7.18. The summed E-state index contributed by atoms with van der Waals surface area (Å²) in [4.78, 5) is 22.5. The quantitative estimate of drug-likeness (QED) is 0.771. The first kappa shape index (κ1) is 19.0. The van der Waals surface area contributed by atoms with Crippen molar-refractivity contribution < 1.29 is 14.6 Å². The van der Waals surface area contributed by atoms with Crippen molar-refractivity contribution in [3.63, 3.8) is 0 Å². The predicted molar refractivity (Wildman–Crippen MR) is 111 cm³/mol. The van der Waals surface area contributed by atoms with Gasteiger partial charge in [0.2, 0.25) is 0 Å². The average molecular weight is 412 g/mol. The van der Waals surface area contributed by atoms with Crippen LogP contribution in [0.25, 0.3) is 0 Å². The van der Waals surface area contributed by atoms with Crippen LogP contribution in [-0.2, 0) is 0 Å². The normalized spacial score (nSPS) is 37.9. The molecule has 30 heavy (non-hydrogen) atoms. The van der Waals surface area contributed by atoms with Crippen molar-refractivity contribution in [2.75, 3.05) is 0 Å². The highest BCUT2D eigenvalue weighted by atomic mass is 16.5. The van der Waals surface area contributed by atoms with E-state index in [1.54, 1.807) is 6.20 Å². The summed E-state index contributed by atoms with van der Waals surface area (Å²) < 4.78 is 6.03. The average Bonchev–Trinajstić information content (AvgIpc) is 3.15. The largest absolute Gasteiger partial charge is 0.460 e. The number of nitrogens with one attached hydrogen (secondary N) is 1. The van der Waals surface area contributed by atoms with Gasteiger partial charge in [-0.25, -0.2) is 4.98 Å². The van der Waals surface area contributed by atoms with Gasteiger partial charge < -0.3 is 15.2 Å². The fourth-order valence-corrected chi connectivity index (χ4v) is 7.20. The topological polar surface area (TPSA) is 84.3 Å². The molecule has 6 aliphatic carbocycles. The van der Waals surface area contributed by atoms with Gasteiger partial charge in [-0.1, -0.05) is 6.42 Å². The van der Waals surface area contributed by atoms with Crippen LogP contribution >= 0.6 is 0 Å². The molecule has 2 unspecified atom stereocenters. The summed E-state index contributed by atoms with van der Waals surface area (Å²) in [6.07, 6.45) is 14.8. The Bertz CT molecular complexity index is 817. The summed E-state index contributed by atoms with van der Waals surface area (Å²) in [7, 11) is 0. The molecule has 1 amide bonds. The molecule has 0 radical (unpaired) electrons. The van der Waals surface area contributed by atoms with E-state index in [9.17, 15) is 9.90 Å². The Labute approximate surface area is 178 Å². The van der Waals surface area contributed by atoms with Gasteiger partial charge in [0.1, 0.15) is 6.10 Å². The molecule has 0 saturated heterocycles.